The predicted molar refractivity (Wildman–Crippen MR) is 61.7 cm³/mol. The lowest BCUT2D eigenvalue weighted by atomic mass is 10.2. The molecule has 0 radical (unpaired) electrons. The summed E-state index contributed by atoms with van der Waals surface area (Å²) in [5.41, 5.74) is 0.644. The van der Waals surface area contributed by atoms with Gasteiger partial charge in [-0.15, -0.1) is 0 Å². The lowest BCUT2D eigenvalue weighted by molar-refractivity contribution is -0.118. The molecule has 1 aromatic rings. The first-order chi connectivity index (χ1) is 7.18. The largest absolute Gasteiger partial charge is 0.273 e. The first kappa shape index (κ1) is 10.5. The fourth-order valence-corrected chi connectivity index (χ4v) is 1.62. The number of carbonyl (C=O) groups excluding carboxylic acids is 1. The Morgan fingerprint density at radius 1 is 1.27 bits per heavy atom. The van der Waals surface area contributed by atoms with E-state index in [1.807, 2.05) is 0 Å². The van der Waals surface area contributed by atoms with Crippen molar-refractivity contribution in [2.75, 3.05) is 5.01 Å². The number of halogens is 2. The van der Waals surface area contributed by atoms with Gasteiger partial charge in [-0.1, -0.05) is 23.2 Å². The molecule has 0 atom stereocenters. The molecule has 1 heterocycles. The van der Waals surface area contributed by atoms with Gasteiger partial charge in [0.05, 0.1) is 15.7 Å². The van der Waals surface area contributed by atoms with Gasteiger partial charge in [0.25, 0.3) is 0 Å². The first-order valence-corrected chi connectivity index (χ1v) is 5.24. The van der Waals surface area contributed by atoms with Crippen LogP contribution in [-0.2, 0) is 4.79 Å². The van der Waals surface area contributed by atoms with Crippen LogP contribution in [0, 0.1) is 0 Å². The molecule has 0 N–H and O–H groups in total. The topological polar surface area (TPSA) is 32.7 Å². The molecule has 0 saturated carbocycles. The van der Waals surface area contributed by atoms with Gasteiger partial charge in [-0.2, -0.15) is 5.10 Å². The van der Waals surface area contributed by atoms with E-state index in [9.17, 15) is 4.79 Å². The molecule has 5 heteroatoms. The van der Waals surface area contributed by atoms with Gasteiger partial charge in [0.2, 0.25) is 5.91 Å². The molecule has 15 heavy (non-hydrogen) atoms. The molecule has 0 saturated heterocycles. The van der Waals surface area contributed by atoms with Gasteiger partial charge in [-0.05, 0) is 24.6 Å². The number of rotatable bonds is 1. The molecule has 0 fully saturated rings. The smallest absolute Gasteiger partial charge is 0.247 e. The van der Waals surface area contributed by atoms with E-state index in [0.717, 1.165) is 0 Å². The summed E-state index contributed by atoms with van der Waals surface area (Å²) in [6.45, 7) is 0. The Kier molecular flexibility index (Phi) is 2.93. The van der Waals surface area contributed by atoms with Crippen molar-refractivity contribution >= 4 is 41.0 Å². The summed E-state index contributed by atoms with van der Waals surface area (Å²) in [6.07, 6.45) is 2.88. The zero-order valence-corrected chi connectivity index (χ0v) is 9.29. The summed E-state index contributed by atoms with van der Waals surface area (Å²) in [7, 11) is 0. The Labute approximate surface area is 97.3 Å². The van der Waals surface area contributed by atoms with Crippen LogP contribution in [0.15, 0.2) is 23.3 Å². The normalized spacial score (nSPS) is 15.9. The van der Waals surface area contributed by atoms with E-state index in [1.165, 1.54) is 5.01 Å². The molecule has 0 unspecified atom stereocenters. The van der Waals surface area contributed by atoms with E-state index in [-0.39, 0.29) is 5.91 Å². The van der Waals surface area contributed by atoms with Crippen LogP contribution in [0.1, 0.15) is 12.8 Å². The van der Waals surface area contributed by atoms with Crippen molar-refractivity contribution < 1.29 is 4.79 Å². The third-order valence-corrected chi connectivity index (χ3v) is 2.81. The summed E-state index contributed by atoms with van der Waals surface area (Å²) in [5, 5.41) is 6.23. The average molecular weight is 243 g/mol. The summed E-state index contributed by atoms with van der Waals surface area (Å²) in [4.78, 5) is 11.5. The molecule has 0 bridgehead atoms. The van der Waals surface area contributed by atoms with Crippen molar-refractivity contribution in [3.8, 4) is 0 Å². The molecule has 0 aromatic heterocycles. The van der Waals surface area contributed by atoms with Crippen LogP contribution >= 0.6 is 23.2 Å². The number of nitrogens with zero attached hydrogens (tertiary/aromatic N) is 2. The molecular weight excluding hydrogens is 235 g/mol. The van der Waals surface area contributed by atoms with Crippen molar-refractivity contribution in [3.05, 3.63) is 28.2 Å². The van der Waals surface area contributed by atoms with Gasteiger partial charge in [0.15, 0.2) is 0 Å². The highest BCUT2D eigenvalue weighted by Gasteiger charge is 2.17. The molecule has 78 valence electrons. The van der Waals surface area contributed by atoms with Gasteiger partial charge in [0, 0.05) is 12.6 Å². The van der Waals surface area contributed by atoms with Gasteiger partial charge in [-0.25, -0.2) is 5.01 Å². The molecule has 1 aliphatic heterocycles. The van der Waals surface area contributed by atoms with Crippen LogP contribution in [0.2, 0.25) is 10.0 Å². The third kappa shape index (κ3) is 2.13. The average Bonchev–Trinajstić information content (AvgIpc) is 2.23. The molecule has 1 amide bonds. The Hall–Kier alpha value is -1.06. The zero-order chi connectivity index (χ0) is 10.8. The highest BCUT2D eigenvalue weighted by atomic mass is 35.5. The van der Waals surface area contributed by atoms with E-state index in [2.05, 4.69) is 5.10 Å². The maximum Gasteiger partial charge on any atom is 0.247 e. The monoisotopic (exact) mass is 242 g/mol. The van der Waals surface area contributed by atoms with Crippen LogP contribution in [0.5, 0.6) is 0 Å². The van der Waals surface area contributed by atoms with E-state index in [0.29, 0.717) is 28.6 Å². The number of hydrogen-bond acceptors (Lipinski definition) is 2. The fourth-order valence-electron chi connectivity index (χ4n) is 1.33. The summed E-state index contributed by atoms with van der Waals surface area (Å²) >= 11 is 11.6. The van der Waals surface area contributed by atoms with Gasteiger partial charge >= 0.3 is 0 Å². The number of hydrazone groups is 1. The second-order valence-electron chi connectivity index (χ2n) is 3.14. The predicted octanol–water partition coefficient (Wildman–Crippen LogP) is 3.11. The maximum atomic E-state index is 11.5. The SMILES string of the molecule is O=C1CCC=NN1c1ccc(Cl)c(Cl)c1. The number of benzene rings is 1. The second-order valence-corrected chi connectivity index (χ2v) is 3.96. The summed E-state index contributed by atoms with van der Waals surface area (Å²) < 4.78 is 0. The minimum Gasteiger partial charge on any atom is -0.273 e. The van der Waals surface area contributed by atoms with Crippen molar-refractivity contribution in [1.82, 2.24) is 0 Å². The maximum absolute atomic E-state index is 11.5. The Morgan fingerprint density at radius 3 is 2.73 bits per heavy atom. The van der Waals surface area contributed by atoms with Crippen molar-refractivity contribution in [3.63, 3.8) is 0 Å². The van der Waals surface area contributed by atoms with Crippen LogP contribution < -0.4 is 5.01 Å². The number of amides is 1. The Bertz CT molecular complexity index is 431. The lowest BCUT2D eigenvalue weighted by Crippen LogP contribution is -2.28. The summed E-state index contributed by atoms with van der Waals surface area (Å²) in [5.74, 6) is -0.0316. The highest BCUT2D eigenvalue weighted by Crippen LogP contribution is 2.28. The molecule has 2 rings (SSSR count). The third-order valence-electron chi connectivity index (χ3n) is 2.07. The molecular formula is C10H8Cl2N2O. The first-order valence-electron chi connectivity index (χ1n) is 4.49. The highest BCUT2D eigenvalue weighted by molar-refractivity contribution is 6.42. The summed E-state index contributed by atoms with van der Waals surface area (Å²) in [6, 6.07) is 5.00. The van der Waals surface area contributed by atoms with Crippen LogP contribution in [-0.4, -0.2) is 12.1 Å². The Morgan fingerprint density at radius 2 is 2.07 bits per heavy atom. The van der Waals surface area contributed by atoms with Crippen molar-refractivity contribution in [2.45, 2.75) is 12.8 Å². The molecule has 0 aliphatic carbocycles. The number of anilines is 1. The van der Waals surface area contributed by atoms with E-state index in [4.69, 9.17) is 23.2 Å². The van der Waals surface area contributed by atoms with E-state index in [1.54, 1.807) is 24.4 Å². The van der Waals surface area contributed by atoms with Gasteiger partial charge in [0.1, 0.15) is 0 Å². The lowest BCUT2D eigenvalue weighted by Gasteiger charge is -2.20. The molecule has 1 aliphatic rings. The van der Waals surface area contributed by atoms with E-state index >= 15 is 0 Å². The van der Waals surface area contributed by atoms with Crippen LogP contribution in [0.3, 0.4) is 0 Å². The van der Waals surface area contributed by atoms with Crippen LogP contribution in [0.4, 0.5) is 5.69 Å². The molecule has 3 nitrogen and oxygen atoms in total. The quantitative estimate of drug-likeness (QED) is 0.745. The van der Waals surface area contributed by atoms with Crippen molar-refractivity contribution in [1.29, 1.82) is 0 Å². The Balaban J connectivity index is 2.36. The van der Waals surface area contributed by atoms with Crippen molar-refractivity contribution in [2.24, 2.45) is 5.10 Å². The fraction of sp³-hybridized carbons (Fsp3) is 0.200. The standard InChI is InChI=1S/C10H8Cl2N2O/c11-8-4-3-7(6-9(8)12)14-10(15)2-1-5-13-14/h3-6H,1-2H2. The van der Waals surface area contributed by atoms with Gasteiger partial charge in [-0.3, -0.25) is 4.79 Å². The van der Waals surface area contributed by atoms with E-state index < -0.39 is 0 Å². The van der Waals surface area contributed by atoms with Gasteiger partial charge < -0.3 is 0 Å². The number of hydrogen-bond donors (Lipinski definition) is 0. The number of carbonyl (C=O) groups is 1. The second kappa shape index (κ2) is 4.21. The minimum absolute atomic E-state index is 0.0316. The zero-order valence-electron chi connectivity index (χ0n) is 7.78. The van der Waals surface area contributed by atoms with Crippen LogP contribution in [0.25, 0.3) is 0 Å². The molecule has 0 spiro atoms. The molecule has 1 aromatic carbocycles. The minimum atomic E-state index is -0.0316.